The van der Waals surface area contributed by atoms with Gasteiger partial charge in [0.15, 0.2) is 0 Å². The molecular weight excluding hydrogens is 200 g/mol. The molecule has 0 aliphatic heterocycles. The smallest absolute Gasteiger partial charge is 0.0812 e. The lowest BCUT2D eigenvalue weighted by molar-refractivity contribution is 0.0257. The van der Waals surface area contributed by atoms with Crippen molar-refractivity contribution in [2.75, 3.05) is 0 Å². The summed E-state index contributed by atoms with van der Waals surface area (Å²) in [4.78, 5) is 0. The van der Waals surface area contributed by atoms with Crippen molar-refractivity contribution in [2.45, 2.75) is 65.5 Å². The first-order chi connectivity index (χ1) is 7.03. The average Bonchev–Trinajstić information content (AvgIpc) is 2.43. The van der Waals surface area contributed by atoms with E-state index in [0.717, 1.165) is 5.69 Å². The van der Waals surface area contributed by atoms with Crippen LogP contribution >= 0.6 is 0 Å². The third-order valence-corrected chi connectivity index (χ3v) is 3.14. The minimum absolute atomic E-state index is 0.0256. The van der Waals surface area contributed by atoms with Crippen LogP contribution in [0.25, 0.3) is 0 Å². The summed E-state index contributed by atoms with van der Waals surface area (Å²) in [5.74, 6) is 0. The van der Waals surface area contributed by atoms with Crippen LogP contribution in [0.5, 0.6) is 0 Å². The van der Waals surface area contributed by atoms with Crippen LogP contribution in [0.2, 0.25) is 0 Å². The molecule has 1 heterocycles. The molecule has 0 aromatic carbocycles. The first-order valence-electron chi connectivity index (χ1n) is 5.82. The van der Waals surface area contributed by atoms with Gasteiger partial charge in [0, 0.05) is 6.20 Å². The Labute approximate surface area is 98.5 Å². The molecule has 0 fully saturated rings. The van der Waals surface area contributed by atoms with Crippen molar-refractivity contribution in [3.05, 3.63) is 17.5 Å². The van der Waals surface area contributed by atoms with Gasteiger partial charge < -0.3 is 5.11 Å². The Balaban J connectivity index is 3.12. The molecule has 0 radical (unpaired) electrons. The lowest BCUT2D eigenvalue weighted by Crippen LogP contribution is -2.31. The quantitative estimate of drug-likeness (QED) is 0.839. The predicted molar refractivity (Wildman–Crippen MR) is 66.7 cm³/mol. The summed E-state index contributed by atoms with van der Waals surface area (Å²) in [5.41, 5.74) is 1.63. The summed E-state index contributed by atoms with van der Waals surface area (Å²) in [7, 11) is 0. The van der Waals surface area contributed by atoms with E-state index in [2.05, 4.69) is 32.1 Å². The number of aliphatic hydroxyl groups is 1. The largest absolute Gasteiger partial charge is 0.388 e. The average molecular weight is 224 g/mol. The molecule has 0 aliphatic carbocycles. The van der Waals surface area contributed by atoms with Crippen LogP contribution in [0.15, 0.2) is 6.20 Å². The third-order valence-electron chi connectivity index (χ3n) is 3.14. The van der Waals surface area contributed by atoms with Crippen LogP contribution in [0.3, 0.4) is 0 Å². The van der Waals surface area contributed by atoms with Gasteiger partial charge in [-0.1, -0.05) is 20.8 Å². The van der Waals surface area contributed by atoms with Gasteiger partial charge in [-0.25, -0.2) is 0 Å². The van der Waals surface area contributed by atoms with Crippen LogP contribution in [0.1, 0.15) is 58.8 Å². The molecule has 1 rings (SSSR count). The molecule has 1 N–H and O–H groups in total. The first kappa shape index (κ1) is 13.2. The van der Waals surface area contributed by atoms with Gasteiger partial charge >= 0.3 is 0 Å². The summed E-state index contributed by atoms with van der Waals surface area (Å²) >= 11 is 0. The second-order valence-electron chi connectivity index (χ2n) is 6.19. The lowest BCUT2D eigenvalue weighted by Gasteiger charge is -2.26. The standard InChI is InChI=1S/C13H24N2O/c1-9-11(12(3,4)5)8-15(14-9)10(2)13(6,7)16/h8,10,16H,1-7H3. The normalized spacial score (nSPS) is 15.2. The Kier molecular flexibility index (Phi) is 3.21. The number of hydrogen-bond donors (Lipinski definition) is 1. The fraction of sp³-hybridized carbons (Fsp3) is 0.769. The second-order valence-corrected chi connectivity index (χ2v) is 6.19. The van der Waals surface area contributed by atoms with E-state index in [1.54, 1.807) is 0 Å². The summed E-state index contributed by atoms with van der Waals surface area (Å²) in [6.07, 6.45) is 2.05. The second kappa shape index (κ2) is 3.88. The maximum atomic E-state index is 9.98. The molecule has 0 saturated carbocycles. The van der Waals surface area contributed by atoms with E-state index in [0.29, 0.717) is 0 Å². The van der Waals surface area contributed by atoms with E-state index in [1.165, 1.54) is 5.56 Å². The van der Waals surface area contributed by atoms with Crippen LogP contribution < -0.4 is 0 Å². The highest BCUT2D eigenvalue weighted by Crippen LogP contribution is 2.28. The zero-order valence-corrected chi connectivity index (χ0v) is 11.5. The van der Waals surface area contributed by atoms with E-state index in [9.17, 15) is 5.11 Å². The van der Waals surface area contributed by atoms with Crippen molar-refractivity contribution in [3.8, 4) is 0 Å². The fourth-order valence-electron chi connectivity index (χ4n) is 1.74. The molecule has 1 unspecified atom stereocenters. The highest BCUT2D eigenvalue weighted by Gasteiger charge is 2.27. The zero-order valence-electron chi connectivity index (χ0n) is 11.5. The molecule has 0 aliphatic rings. The molecule has 92 valence electrons. The molecule has 0 spiro atoms. The molecular formula is C13H24N2O. The summed E-state index contributed by atoms with van der Waals surface area (Å²) in [6, 6.07) is -0.0256. The van der Waals surface area contributed by atoms with E-state index in [1.807, 2.05) is 32.4 Å². The summed E-state index contributed by atoms with van der Waals surface area (Å²) in [6.45, 7) is 14.2. The minimum Gasteiger partial charge on any atom is -0.388 e. The van der Waals surface area contributed by atoms with Crippen molar-refractivity contribution < 1.29 is 5.11 Å². The van der Waals surface area contributed by atoms with Gasteiger partial charge in [-0.15, -0.1) is 0 Å². The van der Waals surface area contributed by atoms with Crippen LogP contribution in [0, 0.1) is 6.92 Å². The van der Waals surface area contributed by atoms with Crippen molar-refractivity contribution in [2.24, 2.45) is 0 Å². The monoisotopic (exact) mass is 224 g/mol. The number of aromatic nitrogens is 2. The van der Waals surface area contributed by atoms with Crippen LogP contribution in [0.4, 0.5) is 0 Å². The number of nitrogens with zero attached hydrogens (tertiary/aromatic N) is 2. The molecule has 3 nitrogen and oxygen atoms in total. The lowest BCUT2D eigenvalue weighted by atomic mass is 9.87. The van der Waals surface area contributed by atoms with Crippen LogP contribution in [-0.4, -0.2) is 20.5 Å². The van der Waals surface area contributed by atoms with Gasteiger partial charge in [0.05, 0.1) is 17.3 Å². The van der Waals surface area contributed by atoms with E-state index >= 15 is 0 Å². The van der Waals surface area contributed by atoms with Gasteiger partial charge in [-0.2, -0.15) is 5.10 Å². The Morgan fingerprint density at radius 1 is 1.25 bits per heavy atom. The van der Waals surface area contributed by atoms with Crippen molar-refractivity contribution in [1.82, 2.24) is 9.78 Å². The van der Waals surface area contributed by atoms with Gasteiger partial charge in [-0.3, -0.25) is 4.68 Å². The van der Waals surface area contributed by atoms with Gasteiger partial charge in [-0.05, 0) is 38.7 Å². The Morgan fingerprint density at radius 2 is 1.75 bits per heavy atom. The van der Waals surface area contributed by atoms with E-state index < -0.39 is 5.60 Å². The van der Waals surface area contributed by atoms with Gasteiger partial charge in [0.1, 0.15) is 0 Å². The topological polar surface area (TPSA) is 38.0 Å². The molecule has 0 saturated heterocycles. The van der Waals surface area contributed by atoms with E-state index in [-0.39, 0.29) is 11.5 Å². The van der Waals surface area contributed by atoms with Crippen molar-refractivity contribution >= 4 is 0 Å². The van der Waals surface area contributed by atoms with Crippen molar-refractivity contribution in [3.63, 3.8) is 0 Å². The molecule has 16 heavy (non-hydrogen) atoms. The summed E-state index contributed by atoms with van der Waals surface area (Å²) in [5, 5.41) is 14.5. The summed E-state index contributed by atoms with van der Waals surface area (Å²) < 4.78 is 1.87. The first-order valence-corrected chi connectivity index (χ1v) is 5.82. The zero-order chi connectivity index (χ0) is 12.7. The number of hydrogen-bond acceptors (Lipinski definition) is 2. The Bertz CT molecular complexity index is 366. The molecule has 1 atom stereocenters. The Hall–Kier alpha value is -0.830. The highest BCUT2D eigenvalue weighted by molar-refractivity contribution is 5.24. The number of rotatable bonds is 2. The number of aryl methyl sites for hydroxylation is 1. The van der Waals surface area contributed by atoms with Gasteiger partial charge in [0.25, 0.3) is 0 Å². The fourth-order valence-corrected chi connectivity index (χ4v) is 1.74. The third kappa shape index (κ3) is 2.64. The molecule has 0 bridgehead atoms. The molecule has 1 aromatic rings. The Morgan fingerprint density at radius 3 is 2.06 bits per heavy atom. The predicted octanol–water partition coefficient (Wildman–Crippen LogP) is 2.82. The minimum atomic E-state index is -0.756. The maximum Gasteiger partial charge on any atom is 0.0812 e. The maximum absolute atomic E-state index is 9.98. The van der Waals surface area contributed by atoms with Crippen LogP contribution in [-0.2, 0) is 5.41 Å². The SMILES string of the molecule is Cc1nn(C(C)C(C)(C)O)cc1C(C)(C)C. The van der Waals surface area contributed by atoms with Gasteiger partial charge in [0.2, 0.25) is 0 Å². The van der Waals surface area contributed by atoms with Crippen molar-refractivity contribution in [1.29, 1.82) is 0 Å². The molecule has 0 amide bonds. The van der Waals surface area contributed by atoms with E-state index in [4.69, 9.17) is 0 Å². The molecule has 3 heteroatoms. The molecule has 1 aromatic heterocycles. The highest BCUT2D eigenvalue weighted by atomic mass is 16.3.